The fraction of sp³-hybridized carbons (Fsp3) is 0.333. The first-order chi connectivity index (χ1) is 15.2. The number of nitrogens with zero attached hydrogens (tertiary/aromatic N) is 2. The molecule has 1 heterocycles. The van der Waals surface area contributed by atoms with E-state index in [1.54, 1.807) is 38.3 Å². The second-order valence-corrected chi connectivity index (χ2v) is 9.93. The molecule has 1 unspecified atom stereocenters. The summed E-state index contributed by atoms with van der Waals surface area (Å²) in [5.41, 5.74) is 1.88. The van der Waals surface area contributed by atoms with Gasteiger partial charge in [-0.3, -0.25) is 4.79 Å². The molecule has 0 aliphatic carbocycles. The van der Waals surface area contributed by atoms with E-state index >= 15 is 0 Å². The Balaban J connectivity index is 1.84. The number of carbonyl (C=O) groups excluding carboxylic acids is 1. The maximum atomic E-state index is 12.8. The second kappa shape index (κ2) is 9.80. The van der Waals surface area contributed by atoms with E-state index in [4.69, 9.17) is 14.6 Å². The van der Waals surface area contributed by atoms with Gasteiger partial charge in [-0.1, -0.05) is 18.7 Å². The van der Waals surface area contributed by atoms with E-state index in [0.717, 1.165) is 11.9 Å². The van der Waals surface area contributed by atoms with Crippen molar-refractivity contribution in [3.8, 4) is 11.5 Å². The van der Waals surface area contributed by atoms with Gasteiger partial charge in [-0.2, -0.15) is 0 Å². The number of benzene rings is 2. The first-order valence-corrected chi connectivity index (χ1v) is 12.3. The third kappa shape index (κ3) is 5.17. The number of ether oxygens (including phenoxy) is 2. The number of hydrogen-bond donors (Lipinski definition) is 2. The minimum atomic E-state index is -3.83. The summed E-state index contributed by atoms with van der Waals surface area (Å²) >= 11 is 1.30. The lowest BCUT2D eigenvalue weighted by Gasteiger charge is -2.14. The highest BCUT2D eigenvalue weighted by atomic mass is 32.2. The van der Waals surface area contributed by atoms with E-state index in [9.17, 15) is 13.2 Å². The molecule has 3 rings (SSSR count). The molecule has 11 heteroatoms. The number of hydrogen-bond acceptors (Lipinski definition) is 7. The number of imidazole rings is 1. The van der Waals surface area contributed by atoms with Gasteiger partial charge < -0.3 is 19.4 Å². The van der Waals surface area contributed by atoms with Crippen molar-refractivity contribution in [3.63, 3.8) is 0 Å². The zero-order chi connectivity index (χ0) is 23.5. The van der Waals surface area contributed by atoms with E-state index in [1.807, 2.05) is 11.5 Å². The van der Waals surface area contributed by atoms with Crippen LogP contribution in [0.4, 0.5) is 5.69 Å². The molecule has 32 heavy (non-hydrogen) atoms. The molecule has 2 aromatic carbocycles. The lowest BCUT2D eigenvalue weighted by atomic mass is 10.2. The Morgan fingerprint density at radius 3 is 2.53 bits per heavy atom. The Morgan fingerprint density at radius 2 is 1.91 bits per heavy atom. The van der Waals surface area contributed by atoms with Crippen LogP contribution in [0.3, 0.4) is 0 Å². The van der Waals surface area contributed by atoms with Gasteiger partial charge in [0, 0.05) is 18.3 Å². The Labute approximate surface area is 191 Å². The minimum absolute atomic E-state index is 0.00180. The van der Waals surface area contributed by atoms with E-state index < -0.39 is 15.3 Å². The smallest absolute Gasteiger partial charge is 0.238 e. The number of methoxy groups -OCH3 is 2. The predicted molar refractivity (Wildman–Crippen MR) is 125 cm³/mol. The number of nitrogens with two attached hydrogens (primary N) is 1. The summed E-state index contributed by atoms with van der Waals surface area (Å²) in [4.78, 5) is 17.4. The van der Waals surface area contributed by atoms with Gasteiger partial charge in [0.25, 0.3) is 0 Å². The lowest BCUT2D eigenvalue weighted by molar-refractivity contribution is -0.115. The Hall–Kier alpha value is -2.76. The summed E-state index contributed by atoms with van der Waals surface area (Å²) in [6, 6.07) is 9.75. The molecule has 1 atom stereocenters. The number of sulfonamides is 1. The topological polar surface area (TPSA) is 126 Å². The summed E-state index contributed by atoms with van der Waals surface area (Å²) < 4.78 is 35.9. The van der Waals surface area contributed by atoms with Crippen molar-refractivity contribution in [2.75, 3.05) is 19.5 Å². The maximum absolute atomic E-state index is 12.8. The fourth-order valence-corrected chi connectivity index (χ4v) is 4.65. The van der Waals surface area contributed by atoms with Crippen LogP contribution in [0.25, 0.3) is 11.0 Å². The summed E-state index contributed by atoms with van der Waals surface area (Å²) in [7, 11) is -0.757. The molecular weight excluding hydrogens is 452 g/mol. The van der Waals surface area contributed by atoms with Gasteiger partial charge in [0.05, 0.1) is 35.4 Å². The molecule has 1 amide bonds. The highest BCUT2D eigenvalue weighted by molar-refractivity contribution is 8.00. The quantitative estimate of drug-likeness (QED) is 0.452. The maximum Gasteiger partial charge on any atom is 0.238 e. The number of carbonyl (C=O) groups is 1. The molecular formula is C21H26N4O5S2. The summed E-state index contributed by atoms with van der Waals surface area (Å²) in [6.45, 7) is 4.50. The molecule has 0 saturated heterocycles. The molecule has 0 spiro atoms. The summed E-state index contributed by atoms with van der Waals surface area (Å²) in [5, 5.41) is 8.28. The van der Waals surface area contributed by atoms with Crippen LogP contribution in [-0.2, 0) is 21.4 Å². The molecule has 0 fully saturated rings. The standard InChI is InChI=1S/C21H26N4O5S2/c1-5-10-25-17-8-7-15(32(22,27)28)12-16(17)24-21(25)31-13(2)20(26)23-14-6-9-18(29-3)19(11-14)30-4/h6-9,11-13H,5,10H2,1-4H3,(H,23,26)(H2,22,27,28). The monoisotopic (exact) mass is 478 g/mol. The van der Waals surface area contributed by atoms with Crippen molar-refractivity contribution < 1.29 is 22.7 Å². The highest BCUT2D eigenvalue weighted by Crippen LogP contribution is 2.32. The van der Waals surface area contributed by atoms with Crippen LogP contribution in [0.15, 0.2) is 46.5 Å². The second-order valence-electron chi connectivity index (χ2n) is 7.06. The molecule has 0 saturated carbocycles. The molecule has 1 aromatic heterocycles. The first kappa shape index (κ1) is 23.9. The SMILES string of the molecule is CCCn1c(SC(C)C(=O)Nc2ccc(OC)c(OC)c2)nc2cc(S(N)(=O)=O)ccc21. The molecule has 172 valence electrons. The van der Waals surface area contributed by atoms with Crippen LogP contribution in [0.1, 0.15) is 20.3 Å². The third-order valence-electron chi connectivity index (χ3n) is 4.76. The van der Waals surface area contributed by atoms with Gasteiger partial charge in [-0.15, -0.1) is 0 Å². The Bertz CT molecular complexity index is 1240. The highest BCUT2D eigenvalue weighted by Gasteiger charge is 2.21. The van der Waals surface area contributed by atoms with E-state index in [0.29, 0.717) is 34.4 Å². The first-order valence-electron chi connectivity index (χ1n) is 9.90. The van der Waals surface area contributed by atoms with Crippen LogP contribution in [0, 0.1) is 0 Å². The van der Waals surface area contributed by atoms with Crippen molar-refractivity contribution in [1.82, 2.24) is 9.55 Å². The molecule has 3 N–H and O–H groups in total. The van der Waals surface area contributed by atoms with Gasteiger partial charge in [0.1, 0.15) is 0 Å². The van der Waals surface area contributed by atoms with Gasteiger partial charge >= 0.3 is 0 Å². The number of rotatable bonds is 9. The summed E-state index contributed by atoms with van der Waals surface area (Å²) in [5.74, 6) is 0.878. The van der Waals surface area contributed by atoms with Gasteiger partial charge in [-0.05, 0) is 43.7 Å². The van der Waals surface area contributed by atoms with Crippen molar-refractivity contribution in [1.29, 1.82) is 0 Å². The number of thioether (sulfide) groups is 1. The molecule has 3 aromatic rings. The number of fused-ring (bicyclic) bond motifs is 1. The molecule has 0 radical (unpaired) electrons. The van der Waals surface area contributed by atoms with Crippen molar-refractivity contribution in [2.45, 2.75) is 42.1 Å². The van der Waals surface area contributed by atoms with E-state index in [1.165, 1.54) is 31.0 Å². The number of aromatic nitrogens is 2. The van der Waals surface area contributed by atoms with E-state index in [-0.39, 0.29) is 10.8 Å². The van der Waals surface area contributed by atoms with Crippen LogP contribution in [-0.4, -0.2) is 43.3 Å². The fourth-order valence-electron chi connectivity index (χ4n) is 3.16. The van der Waals surface area contributed by atoms with Gasteiger partial charge in [0.15, 0.2) is 16.7 Å². The Kier molecular flexibility index (Phi) is 7.32. The van der Waals surface area contributed by atoms with E-state index in [2.05, 4.69) is 10.3 Å². The number of anilines is 1. The zero-order valence-corrected chi connectivity index (χ0v) is 19.9. The predicted octanol–water partition coefficient (Wildman–Crippen LogP) is 3.23. The normalized spacial score (nSPS) is 12.5. The van der Waals surface area contributed by atoms with Crippen molar-refractivity contribution in [3.05, 3.63) is 36.4 Å². The van der Waals surface area contributed by atoms with Gasteiger partial charge in [-0.25, -0.2) is 18.5 Å². The van der Waals surface area contributed by atoms with Gasteiger partial charge in [0.2, 0.25) is 15.9 Å². The van der Waals surface area contributed by atoms with Crippen LogP contribution >= 0.6 is 11.8 Å². The third-order valence-corrected chi connectivity index (χ3v) is 6.76. The number of primary sulfonamides is 1. The Morgan fingerprint density at radius 1 is 1.19 bits per heavy atom. The average Bonchev–Trinajstić information content (AvgIpc) is 3.09. The number of nitrogens with one attached hydrogen (secondary N) is 1. The summed E-state index contributed by atoms with van der Waals surface area (Å²) in [6.07, 6.45) is 0.849. The lowest BCUT2D eigenvalue weighted by Crippen LogP contribution is -2.23. The largest absolute Gasteiger partial charge is 0.493 e. The minimum Gasteiger partial charge on any atom is -0.493 e. The van der Waals surface area contributed by atoms with Crippen LogP contribution < -0.4 is 19.9 Å². The molecule has 9 nitrogen and oxygen atoms in total. The van der Waals surface area contributed by atoms with Crippen molar-refractivity contribution >= 4 is 44.4 Å². The number of amides is 1. The molecule has 0 bridgehead atoms. The molecule has 0 aliphatic rings. The van der Waals surface area contributed by atoms with Crippen molar-refractivity contribution in [2.24, 2.45) is 5.14 Å². The zero-order valence-electron chi connectivity index (χ0n) is 18.3. The average molecular weight is 479 g/mol. The molecule has 0 aliphatic heterocycles. The number of aryl methyl sites for hydroxylation is 1. The van der Waals surface area contributed by atoms with Crippen LogP contribution in [0.2, 0.25) is 0 Å². The van der Waals surface area contributed by atoms with Crippen LogP contribution in [0.5, 0.6) is 11.5 Å².